The molecule has 3 heteroatoms. The van der Waals surface area contributed by atoms with Gasteiger partial charge in [-0.25, -0.2) is 0 Å². The number of para-hydroxylation sites is 1. The van der Waals surface area contributed by atoms with Gasteiger partial charge in [-0.05, 0) is 37.1 Å². The minimum atomic E-state index is -0.0953. The summed E-state index contributed by atoms with van der Waals surface area (Å²) in [6, 6.07) is 13.4. The lowest BCUT2D eigenvalue weighted by atomic mass is 10.0. The standard InChI is InChI=1S/C16H18N2O/c1-11-7-8-12(2)14(9-11)16(19)18-15-6-4-3-5-13(15)10-17/h3-9H,10,17H2,1-2H3,(H,18,19). The molecule has 0 radical (unpaired) electrons. The molecule has 0 bridgehead atoms. The van der Waals surface area contributed by atoms with Crippen molar-refractivity contribution in [2.75, 3.05) is 5.32 Å². The number of carbonyl (C=O) groups excluding carboxylic acids is 1. The molecular weight excluding hydrogens is 236 g/mol. The number of rotatable bonds is 3. The van der Waals surface area contributed by atoms with E-state index >= 15 is 0 Å². The monoisotopic (exact) mass is 254 g/mol. The molecule has 0 spiro atoms. The van der Waals surface area contributed by atoms with Crippen LogP contribution in [0.3, 0.4) is 0 Å². The Morgan fingerprint density at radius 2 is 1.89 bits per heavy atom. The third kappa shape index (κ3) is 3.01. The Morgan fingerprint density at radius 1 is 1.16 bits per heavy atom. The van der Waals surface area contributed by atoms with E-state index in [4.69, 9.17) is 5.73 Å². The fourth-order valence-electron chi connectivity index (χ4n) is 1.99. The van der Waals surface area contributed by atoms with Crippen molar-refractivity contribution in [3.05, 3.63) is 64.7 Å². The summed E-state index contributed by atoms with van der Waals surface area (Å²) in [6.07, 6.45) is 0. The van der Waals surface area contributed by atoms with Crippen LogP contribution in [0.15, 0.2) is 42.5 Å². The van der Waals surface area contributed by atoms with E-state index in [-0.39, 0.29) is 5.91 Å². The maximum Gasteiger partial charge on any atom is 0.255 e. The molecule has 0 aliphatic rings. The van der Waals surface area contributed by atoms with Crippen molar-refractivity contribution in [1.29, 1.82) is 0 Å². The molecule has 1 amide bonds. The van der Waals surface area contributed by atoms with Gasteiger partial charge in [-0.15, -0.1) is 0 Å². The maximum absolute atomic E-state index is 12.3. The fourth-order valence-corrected chi connectivity index (χ4v) is 1.99. The van der Waals surface area contributed by atoms with Crippen LogP contribution in [0.1, 0.15) is 27.0 Å². The number of hydrogen-bond acceptors (Lipinski definition) is 2. The van der Waals surface area contributed by atoms with Crippen LogP contribution in [0.4, 0.5) is 5.69 Å². The van der Waals surface area contributed by atoms with Gasteiger partial charge in [0.15, 0.2) is 0 Å². The van der Waals surface area contributed by atoms with Gasteiger partial charge in [0.1, 0.15) is 0 Å². The number of nitrogens with one attached hydrogen (secondary N) is 1. The molecule has 0 fully saturated rings. The Labute approximate surface area is 113 Å². The summed E-state index contributed by atoms with van der Waals surface area (Å²) in [4.78, 5) is 12.3. The van der Waals surface area contributed by atoms with Crippen LogP contribution < -0.4 is 11.1 Å². The smallest absolute Gasteiger partial charge is 0.255 e. The molecule has 0 atom stereocenters. The number of benzene rings is 2. The first-order valence-electron chi connectivity index (χ1n) is 6.28. The normalized spacial score (nSPS) is 10.3. The Hall–Kier alpha value is -2.13. The molecule has 3 N–H and O–H groups in total. The average molecular weight is 254 g/mol. The van der Waals surface area contributed by atoms with Gasteiger partial charge < -0.3 is 11.1 Å². The summed E-state index contributed by atoms with van der Waals surface area (Å²) in [5, 5.41) is 2.93. The van der Waals surface area contributed by atoms with Crippen LogP contribution in [0, 0.1) is 13.8 Å². The lowest BCUT2D eigenvalue weighted by Gasteiger charge is -2.11. The quantitative estimate of drug-likeness (QED) is 0.884. The van der Waals surface area contributed by atoms with Crippen LogP contribution in [-0.4, -0.2) is 5.91 Å². The molecule has 0 aliphatic carbocycles. The molecule has 0 unspecified atom stereocenters. The largest absolute Gasteiger partial charge is 0.326 e. The van der Waals surface area contributed by atoms with Gasteiger partial charge in [-0.3, -0.25) is 4.79 Å². The number of carbonyl (C=O) groups is 1. The molecule has 2 aromatic carbocycles. The van der Waals surface area contributed by atoms with E-state index in [9.17, 15) is 4.79 Å². The van der Waals surface area contributed by atoms with E-state index in [1.165, 1.54) is 0 Å². The summed E-state index contributed by atoms with van der Waals surface area (Å²) in [6.45, 7) is 4.32. The Kier molecular flexibility index (Phi) is 3.97. The Morgan fingerprint density at radius 3 is 2.63 bits per heavy atom. The van der Waals surface area contributed by atoms with Crippen molar-refractivity contribution in [3.63, 3.8) is 0 Å². The summed E-state index contributed by atoms with van der Waals surface area (Å²) < 4.78 is 0. The fraction of sp³-hybridized carbons (Fsp3) is 0.188. The van der Waals surface area contributed by atoms with Gasteiger partial charge in [0.2, 0.25) is 0 Å². The molecule has 19 heavy (non-hydrogen) atoms. The third-order valence-electron chi connectivity index (χ3n) is 3.12. The van der Waals surface area contributed by atoms with Crippen molar-refractivity contribution in [3.8, 4) is 0 Å². The molecule has 0 aromatic heterocycles. The van der Waals surface area contributed by atoms with Gasteiger partial charge in [0.05, 0.1) is 0 Å². The topological polar surface area (TPSA) is 55.1 Å². The lowest BCUT2D eigenvalue weighted by Crippen LogP contribution is -2.15. The maximum atomic E-state index is 12.3. The second-order valence-corrected chi connectivity index (χ2v) is 4.63. The van der Waals surface area contributed by atoms with E-state index in [1.807, 2.05) is 56.3 Å². The molecule has 0 saturated heterocycles. The molecule has 98 valence electrons. The number of anilines is 1. The van der Waals surface area contributed by atoms with Gasteiger partial charge >= 0.3 is 0 Å². The zero-order chi connectivity index (χ0) is 13.8. The van der Waals surface area contributed by atoms with Crippen LogP contribution in [-0.2, 0) is 6.54 Å². The third-order valence-corrected chi connectivity index (χ3v) is 3.12. The average Bonchev–Trinajstić information content (AvgIpc) is 2.42. The highest BCUT2D eigenvalue weighted by Crippen LogP contribution is 2.17. The second kappa shape index (κ2) is 5.67. The number of aryl methyl sites for hydroxylation is 2. The number of hydrogen-bond donors (Lipinski definition) is 2. The first-order valence-corrected chi connectivity index (χ1v) is 6.28. The van der Waals surface area contributed by atoms with Crippen molar-refractivity contribution in [1.82, 2.24) is 0 Å². The van der Waals surface area contributed by atoms with E-state index in [1.54, 1.807) is 0 Å². The van der Waals surface area contributed by atoms with Crippen molar-refractivity contribution >= 4 is 11.6 Å². The highest BCUT2D eigenvalue weighted by Gasteiger charge is 2.10. The Balaban J connectivity index is 2.28. The summed E-state index contributed by atoms with van der Waals surface area (Å²) in [7, 11) is 0. The molecular formula is C16H18N2O. The number of nitrogens with two attached hydrogens (primary N) is 1. The second-order valence-electron chi connectivity index (χ2n) is 4.63. The van der Waals surface area contributed by atoms with Crippen molar-refractivity contribution in [2.45, 2.75) is 20.4 Å². The van der Waals surface area contributed by atoms with Crippen LogP contribution in [0.25, 0.3) is 0 Å². The van der Waals surface area contributed by atoms with Crippen molar-refractivity contribution < 1.29 is 4.79 Å². The highest BCUT2D eigenvalue weighted by atomic mass is 16.1. The first-order chi connectivity index (χ1) is 9.11. The SMILES string of the molecule is Cc1ccc(C)c(C(=O)Nc2ccccc2CN)c1. The van der Waals surface area contributed by atoms with Gasteiger partial charge in [-0.2, -0.15) is 0 Å². The Bertz CT molecular complexity index is 605. The summed E-state index contributed by atoms with van der Waals surface area (Å²) in [5.41, 5.74) is 10.1. The lowest BCUT2D eigenvalue weighted by molar-refractivity contribution is 0.102. The van der Waals surface area contributed by atoms with Crippen LogP contribution in [0.2, 0.25) is 0 Å². The molecule has 0 aliphatic heterocycles. The highest BCUT2D eigenvalue weighted by molar-refractivity contribution is 6.05. The number of amides is 1. The van der Waals surface area contributed by atoms with Gasteiger partial charge in [0.25, 0.3) is 5.91 Å². The molecule has 0 heterocycles. The summed E-state index contributed by atoms with van der Waals surface area (Å²) in [5.74, 6) is -0.0953. The zero-order valence-corrected chi connectivity index (χ0v) is 11.2. The predicted molar refractivity (Wildman–Crippen MR) is 78.2 cm³/mol. The minimum Gasteiger partial charge on any atom is -0.326 e. The van der Waals surface area contributed by atoms with Crippen molar-refractivity contribution in [2.24, 2.45) is 5.73 Å². The first kappa shape index (κ1) is 13.3. The van der Waals surface area contributed by atoms with Crippen LogP contribution >= 0.6 is 0 Å². The molecule has 0 saturated carbocycles. The van der Waals surface area contributed by atoms with E-state index in [0.717, 1.165) is 22.4 Å². The minimum absolute atomic E-state index is 0.0953. The van der Waals surface area contributed by atoms with Gasteiger partial charge in [0, 0.05) is 17.8 Å². The van der Waals surface area contributed by atoms with Crippen LogP contribution in [0.5, 0.6) is 0 Å². The zero-order valence-electron chi connectivity index (χ0n) is 11.2. The van der Waals surface area contributed by atoms with Gasteiger partial charge in [-0.1, -0.05) is 35.9 Å². The van der Waals surface area contributed by atoms with E-state index in [2.05, 4.69) is 5.32 Å². The molecule has 2 aromatic rings. The summed E-state index contributed by atoms with van der Waals surface area (Å²) >= 11 is 0. The molecule has 2 rings (SSSR count). The molecule has 3 nitrogen and oxygen atoms in total. The van der Waals surface area contributed by atoms with E-state index < -0.39 is 0 Å². The van der Waals surface area contributed by atoms with E-state index in [0.29, 0.717) is 12.1 Å². The predicted octanol–water partition coefficient (Wildman–Crippen LogP) is 3.01.